The number of hydrogen-bond donors (Lipinski definition) is 1. The summed E-state index contributed by atoms with van der Waals surface area (Å²) in [5.41, 5.74) is 0.730. The number of aromatic nitrogens is 4. The normalized spacial score (nSPS) is 10.0. The molecule has 0 unspecified atom stereocenters. The van der Waals surface area contributed by atoms with Crippen molar-refractivity contribution in [1.82, 2.24) is 20.2 Å². The number of Topliss-reactive ketones (excluding diaryl/α,β-unsaturated/α-hetero) is 1. The molecule has 0 bridgehead atoms. The van der Waals surface area contributed by atoms with Crippen LogP contribution in [-0.4, -0.2) is 25.9 Å². The summed E-state index contributed by atoms with van der Waals surface area (Å²) in [6, 6.07) is 5.45. The predicted octanol–water partition coefficient (Wildman–Crippen LogP) is 0.625. The van der Waals surface area contributed by atoms with Gasteiger partial charge in [-0.05, 0) is 12.1 Å². The number of pyridine rings is 1. The number of carbonyl (C=O) groups excluding carboxylic acids is 1. The molecule has 0 aliphatic rings. The molecule has 0 aliphatic heterocycles. The number of H-pyrrole nitrogens is 1. The topological polar surface area (TPSA) is 71.5 Å². The standard InChI is InChI=1S/C9H8N4O/c14-8(9-11-6-12-13-9)5-7-3-1-2-4-10-7/h1-4,6H,5H2,(H,11,12,13). The number of aromatic amines is 1. The second kappa shape index (κ2) is 3.78. The molecule has 0 aromatic carbocycles. The highest BCUT2D eigenvalue weighted by atomic mass is 16.1. The van der Waals surface area contributed by atoms with E-state index in [0.29, 0.717) is 0 Å². The molecule has 70 valence electrons. The van der Waals surface area contributed by atoms with Gasteiger partial charge < -0.3 is 0 Å². The highest BCUT2D eigenvalue weighted by Crippen LogP contribution is 1.99. The maximum atomic E-state index is 11.5. The smallest absolute Gasteiger partial charge is 0.205 e. The van der Waals surface area contributed by atoms with Crippen LogP contribution in [0.1, 0.15) is 16.3 Å². The van der Waals surface area contributed by atoms with E-state index in [-0.39, 0.29) is 18.0 Å². The Kier molecular flexibility index (Phi) is 2.31. The zero-order valence-electron chi connectivity index (χ0n) is 7.34. The molecule has 0 saturated heterocycles. The zero-order chi connectivity index (χ0) is 9.80. The Morgan fingerprint density at radius 1 is 1.36 bits per heavy atom. The maximum Gasteiger partial charge on any atom is 0.205 e. The Hall–Kier alpha value is -2.04. The molecule has 0 spiro atoms. The minimum atomic E-state index is -0.110. The van der Waals surface area contributed by atoms with Crippen molar-refractivity contribution in [3.8, 4) is 0 Å². The van der Waals surface area contributed by atoms with Crippen LogP contribution < -0.4 is 0 Å². The van der Waals surface area contributed by atoms with Crippen LogP contribution in [0.2, 0.25) is 0 Å². The summed E-state index contributed by atoms with van der Waals surface area (Å²) in [4.78, 5) is 19.3. The van der Waals surface area contributed by atoms with Gasteiger partial charge in [0.25, 0.3) is 0 Å². The Morgan fingerprint density at radius 3 is 2.93 bits per heavy atom. The number of rotatable bonds is 3. The summed E-state index contributed by atoms with van der Waals surface area (Å²) in [5, 5.41) is 6.13. The Bertz CT molecular complexity index is 410. The summed E-state index contributed by atoms with van der Waals surface area (Å²) in [7, 11) is 0. The molecule has 0 saturated carbocycles. The predicted molar refractivity (Wildman–Crippen MR) is 48.7 cm³/mol. The van der Waals surface area contributed by atoms with Crippen molar-refractivity contribution >= 4 is 5.78 Å². The summed E-state index contributed by atoms with van der Waals surface area (Å²) < 4.78 is 0. The van der Waals surface area contributed by atoms with E-state index < -0.39 is 0 Å². The molecular formula is C9H8N4O. The van der Waals surface area contributed by atoms with E-state index in [1.54, 1.807) is 12.3 Å². The van der Waals surface area contributed by atoms with Gasteiger partial charge in [0.05, 0.1) is 6.42 Å². The number of carbonyl (C=O) groups is 1. The lowest BCUT2D eigenvalue weighted by Gasteiger charge is -1.95. The first kappa shape index (κ1) is 8.55. The average Bonchev–Trinajstić information content (AvgIpc) is 2.72. The SMILES string of the molecule is O=C(Cc1ccccn1)c1ncn[nH]1. The Morgan fingerprint density at radius 2 is 2.29 bits per heavy atom. The molecule has 2 aromatic heterocycles. The number of ketones is 1. The van der Waals surface area contributed by atoms with Gasteiger partial charge in [0, 0.05) is 11.9 Å². The van der Waals surface area contributed by atoms with Gasteiger partial charge in [0.2, 0.25) is 5.78 Å². The first-order valence-electron chi connectivity index (χ1n) is 4.15. The van der Waals surface area contributed by atoms with Gasteiger partial charge in [-0.15, -0.1) is 0 Å². The Balaban J connectivity index is 2.10. The summed E-state index contributed by atoms with van der Waals surface area (Å²) in [5.74, 6) is 0.164. The third kappa shape index (κ3) is 1.82. The number of nitrogens with one attached hydrogen (secondary N) is 1. The molecule has 2 heterocycles. The van der Waals surface area contributed by atoms with Crippen LogP contribution in [0, 0.1) is 0 Å². The quantitative estimate of drug-likeness (QED) is 0.717. The molecule has 2 rings (SSSR count). The van der Waals surface area contributed by atoms with E-state index in [1.807, 2.05) is 12.1 Å². The fraction of sp³-hybridized carbons (Fsp3) is 0.111. The summed E-state index contributed by atoms with van der Waals surface area (Å²) in [6.07, 6.45) is 3.21. The minimum absolute atomic E-state index is 0.110. The van der Waals surface area contributed by atoms with Crippen LogP contribution >= 0.6 is 0 Å². The van der Waals surface area contributed by atoms with E-state index in [0.717, 1.165) is 5.69 Å². The fourth-order valence-electron chi connectivity index (χ4n) is 1.09. The lowest BCUT2D eigenvalue weighted by molar-refractivity contribution is 0.0982. The van der Waals surface area contributed by atoms with Gasteiger partial charge >= 0.3 is 0 Å². The highest BCUT2D eigenvalue weighted by molar-refractivity contribution is 5.93. The van der Waals surface area contributed by atoms with Gasteiger partial charge in [0.1, 0.15) is 6.33 Å². The third-order valence-corrected chi connectivity index (χ3v) is 1.75. The Labute approximate surface area is 80.2 Å². The van der Waals surface area contributed by atoms with Crippen molar-refractivity contribution in [2.24, 2.45) is 0 Å². The monoisotopic (exact) mass is 188 g/mol. The van der Waals surface area contributed by atoms with Crippen molar-refractivity contribution < 1.29 is 4.79 Å². The van der Waals surface area contributed by atoms with Crippen molar-refractivity contribution in [2.45, 2.75) is 6.42 Å². The molecular weight excluding hydrogens is 180 g/mol. The third-order valence-electron chi connectivity index (χ3n) is 1.75. The lowest BCUT2D eigenvalue weighted by atomic mass is 10.2. The van der Waals surface area contributed by atoms with Gasteiger partial charge in [-0.3, -0.25) is 14.9 Å². The minimum Gasteiger partial charge on any atom is -0.290 e. The first-order chi connectivity index (χ1) is 6.86. The fourth-order valence-corrected chi connectivity index (χ4v) is 1.09. The maximum absolute atomic E-state index is 11.5. The van der Waals surface area contributed by atoms with Crippen LogP contribution in [-0.2, 0) is 6.42 Å². The molecule has 0 radical (unpaired) electrons. The molecule has 5 heteroatoms. The van der Waals surface area contributed by atoms with Crippen LogP contribution in [0.15, 0.2) is 30.7 Å². The first-order valence-corrected chi connectivity index (χ1v) is 4.15. The van der Waals surface area contributed by atoms with E-state index in [1.165, 1.54) is 6.33 Å². The molecule has 0 fully saturated rings. The van der Waals surface area contributed by atoms with E-state index in [2.05, 4.69) is 20.2 Å². The molecule has 0 atom stereocenters. The molecule has 5 nitrogen and oxygen atoms in total. The van der Waals surface area contributed by atoms with E-state index in [9.17, 15) is 4.79 Å². The molecule has 14 heavy (non-hydrogen) atoms. The molecule has 0 aliphatic carbocycles. The second-order valence-corrected chi connectivity index (χ2v) is 2.76. The van der Waals surface area contributed by atoms with Gasteiger partial charge in [-0.25, -0.2) is 4.98 Å². The van der Waals surface area contributed by atoms with Crippen molar-refractivity contribution in [3.05, 3.63) is 42.2 Å². The number of hydrogen-bond acceptors (Lipinski definition) is 4. The van der Waals surface area contributed by atoms with Gasteiger partial charge in [0.15, 0.2) is 5.82 Å². The van der Waals surface area contributed by atoms with E-state index >= 15 is 0 Å². The van der Waals surface area contributed by atoms with Crippen molar-refractivity contribution in [1.29, 1.82) is 0 Å². The second-order valence-electron chi connectivity index (χ2n) is 2.76. The lowest BCUT2D eigenvalue weighted by Crippen LogP contribution is -2.06. The largest absolute Gasteiger partial charge is 0.290 e. The van der Waals surface area contributed by atoms with Crippen LogP contribution in [0.4, 0.5) is 0 Å². The average molecular weight is 188 g/mol. The zero-order valence-corrected chi connectivity index (χ0v) is 7.34. The van der Waals surface area contributed by atoms with Crippen LogP contribution in [0.5, 0.6) is 0 Å². The molecule has 2 aromatic rings. The van der Waals surface area contributed by atoms with Crippen molar-refractivity contribution in [2.75, 3.05) is 0 Å². The highest BCUT2D eigenvalue weighted by Gasteiger charge is 2.09. The number of nitrogens with zero attached hydrogens (tertiary/aromatic N) is 3. The van der Waals surface area contributed by atoms with Gasteiger partial charge in [-0.2, -0.15) is 5.10 Å². The summed E-state index contributed by atoms with van der Waals surface area (Å²) >= 11 is 0. The van der Waals surface area contributed by atoms with Crippen molar-refractivity contribution in [3.63, 3.8) is 0 Å². The van der Waals surface area contributed by atoms with Gasteiger partial charge in [-0.1, -0.05) is 6.07 Å². The molecule has 0 amide bonds. The summed E-state index contributed by atoms with van der Waals surface area (Å²) in [6.45, 7) is 0. The van der Waals surface area contributed by atoms with Crippen LogP contribution in [0.25, 0.3) is 0 Å². The van der Waals surface area contributed by atoms with E-state index in [4.69, 9.17) is 0 Å². The molecule has 1 N–H and O–H groups in total. The van der Waals surface area contributed by atoms with Crippen LogP contribution in [0.3, 0.4) is 0 Å².